The van der Waals surface area contributed by atoms with Crippen molar-refractivity contribution in [1.29, 1.82) is 0 Å². The fourth-order valence-electron chi connectivity index (χ4n) is 5.70. The van der Waals surface area contributed by atoms with E-state index in [1.165, 1.54) is 5.56 Å². The number of epoxide rings is 1. The second-order valence-corrected chi connectivity index (χ2v) is 22.1. The minimum atomic E-state index is -2.11. The zero-order valence-electron chi connectivity index (χ0n) is 32.6. The number of ether oxygens (including phenoxy) is 3. The van der Waals surface area contributed by atoms with Crippen molar-refractivity contribution in [3.05, 3.63) is 143 Å². The topological polar surface area (TPSA) is 161 Å². The highest BCUT2D eigenvalue weighted by Crippen LogP contribution is 2.37. The Labute approximate surface area is 330 Å². The molecule has 1 saturated heterocycles. The molecular weight excluding hydrogens is 750 g/mol. The number of amides is 2. The number of aryl methyl sites for hydroxylation is 2. The van der Waals surface area contributed by atoms with Gasteiger partial charge in [-0.1, -0.05) is 109 Å². The fraction of sp³-hybridized carbons (Fsp3) is 0.372. The summed E-state index contributed by atoms with van der Waals surface area (Å²) in [6.07, 6.45) is 2.41. The molecule has 1 aliphatic heterocycles. The van der Waals surface area contributed by atoms with Crippen molar-refractivity contribution < 1.29 is 42.8 Å². The highest BCUT2D eigenvalue weighted by atomic mass is 31.2. The van der Waals surface area contributed by atoms with Gasteiger partial charge in [-0.05, 0) is 79.3 Å². The second kappa shape index (κ2) is 21.6. The number of alkyl carbamates (subject to hydrolysis) is 2. The largest absolute Gasteiger partial charge is 0.480 e. The van der Waals surface area contributed by atoms with Crippen LogP contribution in [0.4, 0.5) is 9.59 Å². The number of carboxylic acids is 1. The average molecular weight is 805 g/mol. The van der Waals surface area contributed by atoms with Crippen LogP contribution in [-0.2, 0) is 67.0 Å². The number of aliphatic carboxylic acids is 1. The van der Waals surface area contributed by atoms with Gasteiger partial charge in [-0.25, -0.2) is 14.4 Å². The van der Waals surface area contributed by atoms with Gasteiger partial charge in [0.25, 0.3) is 0 Å². The number of nitrogens with one attached hydrogen (secondary N) is 2. The van der Waals surface area contributed by atoms with E-state index in [2.05, 4.69) is 22.8 Å². The summed E-state index contributed by atoms with van der Waals surface area (Å²) < 4.78 is 39.7. The molecule has 4 aromatic carbocycles. The summed E-state index contributed by atoms with van der Waals surface area (Å²) in [5.74, 6) is -1.13. The summed E-state index contributed by atoms with van der Waals surface area (Å²) in [6, 6.07) is 33.3. The average Bonchev–Trinajstić information content (AvgIpc) is 4.01. The number of hydrogen-bond donors (Lipinski definition) is 3. The van der Waals surface area contributed by atoms with Gasteiger partial charge >= 0.3 is 18.2 Å². The summed E-state index contributed by atoms with van der Waals surface area (Å²) in [4.78, 5) is 35.7. The van der Waals surface area contributed by atoms with E-state index in [1.807, 2.05) is 110 Å². The Bertz CT molecular complexity index is 1960. The van der Waals surface area contributed by atoms with E-state index in [1.54, 1.807) is 13.3 Å². The molecule has 3 N–H and O–H groups in total. The Balaban J connectivity index is 0.000000249. The van der Waals surface area contributed by atoms with Gasteiger partial charge in [0.15, 0.2) is 0 Å². The predicted molar refractivity (Wildman–Crippen MR) is 221 cm³/mol. The van der Waals surface area contributed by atoms with Gasteiger partial charge in [0.1, 0.15) is 25.4 Å². The quantitative estimate of drug-likeness (QED) is 0.0672. The van der Waals surface area contributed by atoms with E-state index in [0.717, 1.165) is 34.2 Å². The summed E-state index contributed by atoms with van der Waals surface area (Å²) >= 11 is 0. The molecule has 0 radical (unpaired) electrons. The molecule has 13 heteroatoms. The zero-order chi connectivity index (χ0) is 40.6. The van der Waals surface area contributed by atoms with Crippen molar-refractivity contribution in [1.82, 2.24) is 10.6 Å². The van der Waals surface area contributed by atoms with E-state index >= 15 is 0 Å². The fourth-order valence-corrected chi connectivity index (χ4v) is 7.29. The van der Waals surface area contributed by atoms with E-state index in [0.29, 0.717) is 31.8 Å². The van der Waals surface area contributed by atoms with Crippen LogP contribution in [0.2, 0.25) is 0 Å². The number of benzene rings is 4. The Hall–Kier alpha value is -4.69. The van der Waals surface area contributed by atoms with Crippen LogP contribution >= 0.6 is 14.3 Å². The number of carboxylic acid groups (broad SMARTS) is 1. The van der Waals surface area contributed by atoms with Crippen LogP contribution < -0.4 is 10.6 Å². The number of hydrogen-bond acceptors (Lipinski definition) is 8. The Morgan fingerprint density at radius 1 is 0.643 bits per heavy atom. The van der Waals surface area contributed by atoms with Gasteiger partial charge in [0.2, 0.25) is 0 Å². The smallest absolute Gasteiger partial charge is 0.408 e. The maximum absolute atomic E-state index is 12.2. The first-order valence-corrected chi connectivity index (χ1v) is 24.2. The number of carbonyl (C=O) groups excluding carboxylic acids is 2. The van der Waals surface area contributed by atoms with E-state index in [9.17, 15) is 28.6 Å². The molecule has 5 rings (SSSR count). The van der Waals surface area contributed by atoms with Gasteiger partial charge < -0.3 is 39.1 Å². The molecule has 300 valence electrons. The molecule has 0 aromatic heterocycles. The molecule has 0 saturated carbocycles. The molecule has 2 amide bonds. The van der Waals surface area contributed by atoms with Crippen LogP contribution in [0.15, 0.2) is 109 Å². The summed E-state index contributed by atoms with van der Waals surface area (Å²) in [7, 11) is -4.13. The molecule has 3 atom stereocenters. The van der Waals surface area contributed by atoms with E-state index < -0.39 is 38.5 Å². The van der Waals surface area contributed by atoms with Crippen LogP contribution in [0.5, 0.6) is 0 Å². The first-order valence-electron chi connectivity index (χ1n) is 18.6. The zero-order valence-corrected chi connectivity index (χ0v) is 34.4. The SMILES string of the molecule is CP(C)(=O)CCc1cccc(CC(NC(=O)OCc2ccccc2)C(=O)O)c1.CP(C)(=O)CCc1cccc(CC(NC(=O)OCc2ccccc2)[C@@H]2CO2)c1. The van der Waals surface area contributed by atoms with Gasteiger partial charge in [0.05, 0.1) is 26.9 Å². The molecule has 2 unspecified atom stereocenters. The lowest BCUT2D eigenvalue weighted by atomic mass is 10.0. The third-order valence-electron chi connectivity index (χ3n) is 8.88. The molecule has 56 heavy (non-hydrogen) atoms. The van der Waals surface area contributed by atoms with Crippen molar-refractivity contribution >= 4 is 32.4 Å². The minimum absolute atomic E-state index is 0.0273. The van der Waals surface area contributed by atoms with Gasteiger partial charge in [-0.3, -0.25) is 0 Å². The normalized spacial score (nSPS) is 14.6. The maximum atomic E-state index is 12.2. The highest BCUT2D eigenvalue weighted by Gasteiger charge is 2.34. The molecule has 1 fully saturated rings. The molecule has 1 heterocycles. The van der Waals surface area contributed by atoms with Crippen LogP contribution in [-0.4, -0.2) is 87.0 Å². The Morgan fingerprint density at radius 2 is 1.05 bits per heavy atom. The lowest BCUT2D eigenvalue weighted by molar-refractivity contribution is -0.139. The molecule has 4 aromatic rings. The molecular formula is C43H54N2O9P2. The third-order valence-corrected chi connectivity index (χ3v) is 11.5. The van der Waals surface area contributed by atoms with Crippen molar-refractivity contribution in [2.24, 2.45) is 0 Å². The maximum Gasteiger partial charge on any atom is 0.408 e. The van der Waals surface area contributed by atoms with E-state index in [4.69, 9.17) is 14.2 Å². The molecule has 1 aliphatic rings. The van der Waals surface area contributed by atoms with Gasteiger partial charge in [0, 0.05) is 18.7 Å². The van der Waals surface area contributed by atoms with Crippen LogP contribution in [0.25, 0.3) is 0 Å². The van der Waals surface area contributed by atoms with Gasteiger partial charge in [-0.2, -0.15) is 0 Å². The summed E-state index contributed by atoms with van der Waals surface area (Å²) in [6.45, 7) is 8.12. The first-order chi connectivity index (χ1) is 26.6. The predicted octanol–water partition coefficient (Wildman–Crippen LogP) is 7.86. The third kappa shape index (κ3) is 17.8. The molecule has 0 spiro atoms. The lowest BCUT2D eigenvalue weighted by Crippen LogP contribution is -2.42. The van der Waals surface area contributed by atoms with Crippen molar-refractivity contribution in [2.45, 2.75) is 57.1 Å². The lowest BCUT2D eigenvalue weighted by Gasteiger charge is -2.17. The minimum Gasteiger partial charge on any atom is -0.480 e. The Morgan fingerprint density at radius 3 is 1.48 bits per heavy atom. The van der Waals surface area contributed by atoms with Gasteiger partial charge in [-0.15, -0.1) is 0 Å². The van der Waals surface area contributed by atoms with Crippen molar-refractivity contribution in [2.75, 3.05) is 45.6 Å². The monoisotopic (exact) mass is 804 g/mol. The Kier molecular flexibility index (Phi) is 17.0. The van der Waals surface area contributed by atoms with Crippen molar-refractivity contribution in [3.8, 4) is 0 Å². The molecule has 11 nitrogen and oxygen atoms in total. The molecule has 0 aliphatic carbocycles. The summed E-state index contributed by atoms with van der Waals surface area (Å²) in [5, 5.41) is 14.8. The molecule has 0 bridgehead atoms. The second-order valence-electron chi connectivity index (χ2n) is 14.9. The number of rotatable bonds is 18. The van der Waals surface area contributed by atoms with E-state index in [-0.39, 0.29) is 31.8 Å². The van der Waals surface area contributed by atoms with Crippen LogP contribution in [0.1, 0.15) is 33.4 Å². The first kappa shape index (κ1) is 44.0. The standard InChI is InChI=1S/C22H28NO4P.C21H26NO5P/c1-28(2,25)12-11-17-9-6-10-19(13-17)14-20(21-16-26-21)23-22(24)27-15-18-7-4-3-5-8-18;1-28(2,26)12-11-16-9-6-10-18(13-16)14-19(20(23)24)22-21(25)27-15-17-7-4-3-5-8-17/h3-10,13,20-21H,11-12,14-16H2,1-2H3,(H,23,24);3-10,13,19H,11-12,14-15H2,1-2H3,(H,22,25)(H,23,24)/t20?,21-;/m0./s1. The highest BCUT2D eigenvalue weighted by molar-refractivity contribution is 7.62. The van der Waals surface area contributed by atoms with Crippen LogP contribution in [0, 0.1) is 0 Å². The summed E-state index contributed by atoms with van der Waals surface area (Å²) in [5.41, 5.74) is 5.86. The number of carbonyl (C=O) groups is 3. The van der Waals surface area contributed by atoms with Crippen molar-refractivity contribution in [3.63, 3.8) is 0 Å². The van der Waals surface area contributed by atoms with Crippen LogP contribution in [0.3, 0.4) is 0 Å².